The van der Waals surface area contributed by atoms with E-state index in [1.165, 1.54) is 5.69 Å². The molecule has 2 heterocycles. The lowest BCUT2D eigenvalue weighted by Gasteiger charge is -2.34. The van der Waals surface area contributed by atoms with E-state index in [0.29, 0.717) is 5.56 Å². The molecular formula is C17H22N4O. The fraction of sp³-hybridized carbons (Fsp3) is 0.412. The Balaban J connectivity index is 1.56. The summed E-state index contributed by atoms with van der Waals surface area (Å²) < 4.78 is 1.73. The number of anilines is 1. The molecule has 5 heteroatoms. The molecule has 1 amide bonds. The molecule has 0 bridgehead atoms. The molecule has 0 aliphatic carbocycles. The predicted octanol–water partition coefficient (Wildman–Crippen LogP) is 2.13. The Hall–Kier alpha value is -2.30. The first-order valence-electron chi connectivity index (χ1n) is 7.74. The van der Waals surface area contributed by atoms with Crippen molar-refractivity contribution >= 4 is 11.6 Å². The minimum Gasteiger partial charge on any atom is -0.371 e. The van der Waals surface area contributed by atoms with Gasteiger partial charge < -0.3 is 10.2 Å². The van der Waals surface area contributed by atoms with Crippen LogP contribution in [0.25, 0.3) is 0 Å². The molecule has 5 nitrogen and oxygen atoms in total. The topological polar surface area (TPSA) is 50.2 Å². The van der Waals surface area contributed by atoms with Crippen molar-refractivity contribution in [3.8, 4) is 0 Å². The molecule has 3 rings (SSSR count). The number of hydrogen-bond donors (Lipinski definition) is 1. The lowest BCUT2D eigenvalue weighted by molar-refractivity contribution is 0.0930. The molecule has 0 atom stereocenters. The lowest BCUT2D eigenvalue weighted by Crippen LogP contribution is -2.44. The number of hydrogen-bond acceptors (Lipinski definition) is 3. The molecule has 22 heavy (non-hydrogen) atoms. The summed E-state index contributed by atoms with van der Waals surface area (Å²) in [6, 6.07) is 10.7. The van der Waals surface area contributed by atoms with Crippen LogP contribution in [-0.4, -0.2) is 34.8 Å². The Kier molecular flexibility index (Phi) is 4.13. The van der Waals surface area contributed by atoms with E-state index in [0.717, 1.165) is 31.6 Å². The summed E-state index contributed by atoms with van der Waals surface area (Å²) in [5.41, 5.74) is 2.84. The van der Waals surface area contributed by atoms with Crippen molar-refractivity contribution in [2.24, 2.45) is 7.05 Å². The van der Waals surface area contributed by atoms with Crippen LogP contribution in [-0.2, 0) is 7.05 Å². The minimum atomic E-state index is -0.0104. The first-order chi connectivity index (χ1) is 10.6. The van der Waals surface area contributed by atoms with E-state index in [2.05, 4.69) is 39.6 Å². The normalized spacial score (nSPS) is 15.8. The number of benzene rings is 1. The number of para-hydroxylation sites is 1. The highest BCUT2D eigenvalue weighted by Crippen LogP contribution is 2.19. The van der Waals surface area contributed by atoms with Crippen molar-refractivity contribution in [3.05, 3.63) is 47.8 Å². The van der Waals surface area contributed by atoms with Crippen LogP contribution >= 0.6 is 0 Å². The number of rotatable bonds is 3. The number of aryl methyl sites for hydroxylation is 1. The van der Waals surface area contributed by atoms with E-state index in [9.17, 15) is 4.79 Å². The average molecular weight is 298 g/mol. The molecule has 2 aromatic rings. The van der Waals surface area contributed by atoms with Gasteiger partial charge in [-0.15, -0.1) is 0 Å². The summed E-state index contributed by atoms with van der Waals surface area (Å²) in [6.07, 6.45) is 3.59. The third-order valence-electron chi connectivity index (χ3n) is 4.43. The van der Waals surface area contributed by atoms with Gasteiger partial charge in [-0.05, 0) is 31.9 Å². The molecule has 0 saturated carbocycles. The minimum absolute atomic E-state index is 0.0104. The van der Waals surface area contributed by atoms with Gasteiger partial charge >= 0.3 is 0 Å². The Morgan fingerprint density at radius 2 is 1.91 bits per heavy atom. The van der Waals surface area contributed by atoms with Gasteiger partial charge in [-0.3, -0.25) is 9.48 Å². The summed E-state index contributed by atoms with van der Waals surface area (Å²) in [7, 11) is 1.85. The SMILES string of the molecule is Cc1c(C(=O)NC2CCN(c3ccccc3)CC2)cnn1C. The van der Waals surface area contributed by atoms with Gasteiger partial charge in [-0.2, -0.15) is 5.10 Å². The van der Waals surface area contributed by atoms with Crippen LogP contribution in [0.3, 0.4) is 0 Å². The van der Waals surface area contributed by atoms with E-state index in [1.54, 1.807) is 10.9 Å². The lowest BCUT2D eigenvalue weighted by atomic mass is 10.0. The maximum Gasteiger partial charge on any atom is 0.254 e. The molecule has 0 radical (unpaired) electrons. The van der Waals surface area contributed by atoms with Crippen LogP contribution in [0.1, 0.15) is 28.9 Å². The largest absolute Gasteiger partial charge is 0.371 e. The van der Waals surface area contributed by atoms with Gasteiger partial charge in [0.15, 0.2) is 0 Å². The zero-order valence-electron chi connectivity index (χ0n) is 13.1. The quantitative estimate of drug-likeness (QED) is 0.944. The average Bonchev–Trinajstić information content (AvgIpc) is 2.88. The van der Waals surface area contributed by atoms with E-state index in [4.69, 9.17) is 0 Å². The molecule has 1 aliphatic heterocycles. The molecule has 1 N–H and O–H groups in total. The van der Waals surface area contributed by atoms with Crippen LogP contribution in [0.2, 0.25) is 0 Å². The van der Waals surface area contributed by atoms with Gasteiger partial charge in [-0.1, -0.05) is 18.2 Å². The second-order valence-electron chi connectivity index (χ2n) is 5.84. The predicted molar refractivity (Wildman–Crippen MR) is 87.1 cm³/mol. The van der Waals surface area contributed by atoms with Crippen LogP contribution in [0.15, 0.2) is 36.5 Å². The molecule has 116 valence electrons. The molecule has 1 aromatic heterocycles. The molecule has 0 unspecified atom stereocenters. The van der Waals surface area contributed by atoms with Crippen LogP contribution in [0.4, 0.5) is 5.69 Å². The third-order valence-corrected chi connectivity index (χ3v) is 4.43. The van der Waals surface area contributed by atoms with Crippen molar-refractivity contribution < 1.29 is 4.79 Å². The van der Waals surface area contributed by atoms with Gasteiger partial charge in [0.05, 0.1) is 11.8 Å². The first kappa shape index (κ1) is 14.6. The summed E-state index contributed by atoms with van der Waals surface area (Å²) in [6.45, 7) is 3.86. The molecule has 1 saturated heterocycles. The Morgan fingerprint density at radius 3 is 2.50 bits per heavy atom. The van der Waals surface area contributed by atoms with Crippen molar-refractivity contribution in [2.75, 3.05) is 18.0 Å². The standard InChI is InChI=1S/C17H22N4O/c1-13-16(12-18-20(13)2)17(22)19-14-8-10-21(11-9-14)15-6-4-3-5-7-15/h3-7,12,14H,8-11H2,1-2H3,(H,19,22). The van der Waals surface area contributed by atoms with Gasteiger partial charge in [0.2, 0.25) is 0 Å². The van der Waals surface area contributed by atoms with Crippen molar-refractivity contribution in [3.63, 3.8) is 0 Å². The van der Waals surface area contributed by atoms with Gasteiger partial charge in [0.1, 0.15) is 0 Å². The first-order valence-corrected chi connectivity index (χ1v) is 7.74. The van der Waals surface area contributed by atoms with Gasteiger partial charge in [0.25, 0.3) is 5.91 Å². The smallest absolute Gasteiger partial charge is 0.254 e. The van der Waals surface area contributed by atoms with E-state index in [1.807, 2.05) is 20.0 Å². The Labute approximate surface area is 130 Å². The maximum absolute atomic E-state index is 12.3. The zero-order valence-corrected chi connectivity index (χ0v) is 13.1. The highest BCUT2D eigenvalue weighted by atomic mass is 16.1. The molecule has 1 aliphatic rings. The van der Waals surface area contributed by atoms with Crippen LogP contribution in [0, 0.1) is 6.92 Å². The number of nitrogens with one attached hydrogen (secondary N) is 1. The fourth-order valence-electron chi connectivity index (χ4n) is 2.91. The summed E-state index contributed by atoms with van der Waals surface area (Å²) >= 11 is 0. The molecule has 0 spiro atoms. The number of nitrogens with zero attached hydrogens (tertiary/aromatic N) is 3. The second kappa shape index (κ2) is 6.22. The van der Waals surface area contributed by atoms with Gasteiger partial charge in [-0.25, -0.2) is 0 Å². The number of carbonyl (C=O) groups excluding carboxylic acids is 1. The summed E-state index contributed by atoms with van der Waals surface area (Å²) in [5, 5.41) is 7.27. The van der Waals surface area contributed by atoms with E-state index >= 15 is 0 Å². The third kappa shape index (κ3) is 2.98. The summed E-state index contributed by atoms with van der Waals surface area (Å²) in [4.78, 5) is 14.7. The monoisotopic (exact) mass is 298 g/mol. The highest BCUT2D eigenvalue weighted by molar-refractivity contribution is 5.95. The Morgan fingerprint density at radius 1 is 1.23 bits per heavy atom. The van der Waals surface area contributed by atoms with Crippen LogP contribution < -0.4 is 10.2 Å². The van der Waals surface area contributed by atoms with Crippen molar-refractivity contribution in [1.82, 2.24) is 15.1 Å². The van der Waals surface area contributed by atoms with Crippen molar-refractivity contribution in [2.45, 2.75) is 25.8 Å². The van der Waals surface area contributed by atoms with Crippen molar-refractivity contribution in [1.29, 1.82) is 0 Å². The number of carbonyl (C=O) groups is 1. The fourth-order valence-corrected chi connectivity index (χ4v) is 2.91. The summed E-state index contributed by atoms with van der Waals surface area (Å²) in [5.74, 6) is -0.0104. The second-order valence-corrected chi connectivity index (χ2v) is 5.84. The van der Waals surface area contributed by atoms with Crippen LogP contribution in [0.5, 0.6) is 0 Å². The van der Waals surface area contributed by atoms with E-state index in [-0.39, 0.29) is 11.9 Å². The highest BCUT2D eigenvalue weighted by Gasteiger charge is 2.22. The number of piperidine rings is 1. The molecule has 1 fully saturated rings. The Bertz CT molecular complexity index is 642. The number of amides is 1. The maximum atomic E-state index is 12.3. The zero-order chi connectivity index (χ0) is 15.5. The molecular weight excluding hydrogens is 276 g/mol. The van der Waals surface area contributed by atoms with E-state index < -0.39 is 0 Å². The van der Waals surface area contributed by atoms with Gasteiger partial charge in [0, 0.05) is 37.6 Å². The molecule has 1 aromatic carbocycles. The number of aromatic nitrogens is 2.